The zero-order valence-corrected chi connectivity index (χ0v) is 25.2. The van der Waals surface area contributed by atoms with Gasteiger partial charge < -0.3 is 15.2 Å². The van der Waals surface area contributed by atoms with Crippen LogP contribution in [0, 0.1) is 12.8 Å². The van der Waals surface area contributed by atoms with E-state index >= 15 is 0 Å². The van der Waals surface area contributed by atoms with Crippen LogP contribution in [0.5, 0.6) is 0 Å². The molecule has 0 bridgehead atoms. The summed E-state index contributed by atoms with van der Waals surface area (Å²) in [6, 6.07) is 13.6. The summed E-state index contributed by atoms with van der Waals surface area (Å²) in [6.45, 7) is 6.99. The van der Waals surface area contributed by atoms with Gasteiger partial charge in [0.2, 0.25) is 0 Å². The van der Waals surface area contributed by atoms with E-state index in [0.29, 0.717) is 35.8 Å². The van der Waals surface area contributed by atoms with E-state index in [2.05, 4.69) is 23.2 Å². The number of likely N-dealkylation sites (tertiary alicyclic amines) is 1. The molecule has 2 aromatic rings. The lowest BCUT2D eigenvalue weighted by atomic mass is 9.93. The van der Waals surface area contributed by atoms with Gasteiger partial charge in [-0.25, -0.2) is 4.79 Å². The van der Waals surface area contributed by atoms with Gasteiger partial charge in [-0.05, 0) is 84.9 Å². The summed E-state index contributed by atoms with van der Waals surface area (Å²) < 4.78 is 6.43. The maximum atomic E-state index is 13.4. The number of nitrogens with one attached hydrogen (secondary N) is 1. The number of carboxylic acids is 1. The molecule has 3 atom stereocenters. The van der Waals surface area contributed by atoms with Gasteiger partial charge in [-0.3, -0.25) is 9.69 Å². The van der Waals surface area contributed by atoms with Gasteiger partial charge in [0.1, 0.15) is 6.04 Å². The van der Waals surface area contributed by atoms with Gasteiger partial charge in [0.05, 0.1) is 12.7 Å². The molecule has 2 aliphatic rings. The standard InChI is InChI=1S/C33H46N2O4S/c1-4-24-18-26(22-39-27-11-6-5-7-12-27)35(20-24)21-25-14-15-29(30(19-25)28-13-9-8-10-23(28)2)32(36)34-31(33(37)38)16-17-40-3/h8-10,13-15,19,24,26-27,31H,4-7,11-12,16-18,20-22H2,1-3H3,(H,34,36)(H,37,38)/t24-,26-,31-/m0/s1. The fourth-order valence-electron chi connectivity index (χ4n) is 6.18. The zero-order chi connectivity index (χ0) is 28.5. The number of rotatable bonds is 13. The van der Waals surface area contributed by atoms with Crippen molar-refractivity contribution in [3.05, 3.63) is 59.2 Å². The molecule has 1 heterocycles. The van der Waals surface area contributed by atoms with E-state index in [-0.39, 0.29) is 5.91 Å². The molecule has 4 rings (SSSR count). The van der Waals surface area contributed by atoms with Crippen molar-refractivity contribution in [1.29, 1.82) is 0 Å². The number of hydrogen-bond acceptors (Lipinski definition) is 5. The minimum absolute atomic E-state index is 0.343. The average molecular weight is 567 g/mol. The maximum absolute atomic E-state index is 13.4. The van der Waals surface area contributed by atoms with Crippen LogP contribution in [0.3, 0.4) is 0 Å². The van der Waals surface area contributed by atoms with Crippen LogP contribution in [-0.4, -0.2) is 65.2 Å². The smallest absolute Gasteiger partial charge is 0.326 e. The second kappa shape index (κ2) is 15.0. The number of amides is 1. The molecule has 2 N–H and O–H groups in total. The first-order chi connectivity index (χ1) is 19.4. The number of aliphatic carboxylic acids is 1. The molecule has 0 radical (unpaired) electrons. The Hall–Kier alpha value is -2.35. The van der Waals surface area contributed by atoms with E-state index in [4.69, 9.17) is 4.74 Å². The molecule has 218 valence electrons. The van der Waals surface area contributed by atoms with Crippen molar-refractivity contribution in [2.45, 2.75) is 89.9 Å². The van der Waals surface area contributed by atoms with Crippen LogP contribution in [0.2, 0.25) is 0 Å². The SMILES string of the molecule is CC[C@H]1C[C@@H](COC2CCCCC2)N(Cc2ccc(C(=O)N[C@@H](CCSC)C(=O)O)c(-c3ccccc3C)c2)C1. The maximum Gasteiger partial charge on any atom is 0.326 e. The molecule has 1 saturated heterocycles. The topological polar surface area (TPSA) is 78.9 Å². The van der Waals surface area contributed by atoms with Crippen LogP contribution in [0.4, 0.5) is 0 Å². The molecule has 1 amide bonds. The molecule has 0 spiro atoms. The summed E-state index contributed by atoms with van der Waals surface area (Å²) in [5.41, 5.74) is 4.60. The lowest BCUT2D eigenvalue weighted by Gasteiger charge is -2.28. The largest absolute Gasteiger partial charge is 0.480 e. The van der Waals surface area contributed by atoms with Gasteiger partial charge in [0, 0.05) is 24.7 Å². The van der Waals surface area contributed by atoms with Gasteiger partial charge in [0.25, 0.3) is 5.91 Å². The Morgan fingerprint density at radius 3 is 2.60 bits per heavy atom. The normalized spacial score (nSPS) is 20.9. The van der Waals surface area contributed by atoms with E-state index in [1.807, 2.05) is 49.6 Å². The van der Waals surface area contributed by atoms with Crippen LogP contribution < -0.4 is 5.32 Å². The van der Waals surface area contributed by atoms with E-state index in [1.165, 1.54) is 44.9 Å². The molecule has 1 aliphatic carbocycles. The third kappa shape index (κ3) is 8.11. The van der Waals surface area contributed by atoms with E-state index in [9.17, 15) is 14.7 Å². The number of ether oxygens (including phenoxy) is 1. The summed E-state index contributed by atoms with van der Waals surface area (Å²) in [4.78, 5) is 27.8. The third-order valence-corrected chi connectivity index (χ3v) is 9.28. The predicted molar refractivity (Wildman–Crippen MR) is 164 cm³/mol. The first-order valence-corrected chi connectivity index (χ1v) is 16.4. The van der Waals surface area contributed by atoms with Crippen molar-refractivity contribution >= 4 is 23.6 Å². The first kappa shape index (κ1) is 30.6. The Kier molecular flexibility index (Phi) is 11.5. The highest BCUT2D eigenvalue weighted by Gasteiger charge is 2.32. The number of hydrogen-bond donors (Lipinski definition) is 2. The second-order valence-corrected chi connectivity index (χ2v) is 12.5. The first-order valence-electron chi connectivity index (χ1n) is 15.0. The van der Waals surface area contributed by atoms with Crippen molar-refractivity contribution in [3.63, 3.8) is 0 Å². The Morgan fingerprint density at radius 1 is 1.12 bits per heavy atom. The monoisotopic (exact) mass is 566 g/mol. The van der Waals surface area contributed by atoms with Crippen LogP contribution >= 0.6 is 11.8 Å². The molecule has 7 heteroatoms. The number of carbonyl (C=O) groups excluding carboxylic acids is 1. The number of carbonyl (C=O) groups is 2. The van der Waals surface area contributed by atoms with E-state index in [0.717, 1.165) is 42.0 Å². The minimum atomic E-state index is -1.00. The van der Waals surface area contributed by atoms with Gasteiger partial charge in [0.15, 0.2) is 0 Å². The lowest BCUT2D eigenvalue weighted by Crippen LogP contribution is -2.41. The van der Waals surface area contributed by atoms with Crippen LogP contribution in [-0.2, 0) is 16.1 Å². The zero-order valence-electron chi connectivity index (χ0n) is 24.4. The number of nitrogens with zero attached hydrogens (tertiary/aromatic N) is 1. The second-order valence-electron chi connectivity index (χ2n) is 11.5. The molecule has 1 saturated carbocycles. The molecule has 2 fully saturated rings. The van der Waals surface area contributed by atoms with Crippen molar-refractivity contribution < 1.29 is 19.4 Å². The molecule has 2 aromatic carbocycles. The van der Waals surface area contributed by atoms with E-state index < -0.39 is 12.0 Å². The molecule has 0 aromatic heterocycles. The predicted octanol–water partition coefficient (Wildman–Crippen LogP) is 6.55. The van der Waals surface area contributed by atoms with Crippen molar-refractivity contribution in [2.24, 2.45) is 5.92 Å². The molecule has 40 heavy (non-hydrogen) atoms. The third-order valence-electron chi connectivity index (χ3n) is 8.63. The molecule has 1 aliphatic heterocycles. The van der Waals surface area contributed by atoms with Crippen molar-refractivity contribution in [3.8, 4) is 11.1 Å². The molecular weight excluding hydrogens is 520 g/mol. The van der Waals surface area contributed by atoms with Gasteiger partial charge >= 0.3 is 5.97 Å². The number of thioether (sulfide) groups is 1. The van der Waals surface area contributed by atoms with Gasteiger partial charge in [-0.1, -0.05) is 62.9 Å². The summed E-state index contributed by atoms with van der Waals surface area (Å²) in [5, 5.41) is 12.5. The van der Waals surface area contributed by atoms with Crippen LogP contribution in [0.1, 0.15) is 79.8 Å². The molecule has 6 nitrogen and oxygen atoms in total. The Morgan fingerprint density at radius 2 is 1.90 bits per heavy atom. The summed E-state index contributed by atoms with van der Waals surface area (Å²) in [7, 11) is 0. The minimum Gasteiger partial charge on any atom is -0.480 e. The van der Waals surface area contributed by atoms with Gasteiger partial charge in [-0.2, -0.15) is 11.8 Å². The Balaban J connectivity index is 1.56. The average Bonchev–Trinajstić information content (AvgIpc) is 3.36. The van der Waals surface area contributed by atoms with E-state index in [1.54, 1.807) is 11.8 Å². The number of aryl methyl sites for hydroxylation is 1. The molecular formula is C33H46N2O4S. The van der Waals surface area contributed by atoms with Crippen molar-refractivity contribution in [1.82, 2.24) is 10.2 Å². The van der Waals surface area contributed by atoms with Crippen molar-refractivity contribution in [2.75, 3.05) is 25.2 Å². The Bertz CT molecular complexity index is 1130. The Labute approximate surface area is 244 Å². The number of carboxylic acid groups (broad SMARTS) is 1. The van der Waals surface area contributed by atoms with Crippen LogP contribution in [0.25, 0.3) is 11.1 Å². The summed E-state index contributed by atoms with van der Waals surface area (Å²) in [6.07, 6.45) is 11.3. The highest BCUT2D eigenvalue weighted by Crippen LogP contribution is 2.32. The number of benzene rings is 2. The van der Waals surface area contributed by atoms with Crippen LogP contribution in [0.15, 0.2) is 42.5 Å². The van der Waals surface area contributed by atoms with Gasteiger partial charge in [-0.15, -0.1) is 0 Å². The highest BCUT2D eigenvalue weighted by molar-refractivity contribution is 7.98. The summed E-state index contributed by atoms with van der Waals surface area (Å²) in [5.74, 6) is -0.00190. The fourth-order valence-corrected chi connectivity index (χ4v) is 6.65. The quantitative estimate of drug-likeness (QED) is 0.286. The summed E-state index contributed by atoms with van der Waals surface area (Å²) >= 11 is 1.57. The lowest BCUT2D eigenvalue weighted by molar-refractivity contribution is -0.139. The highest BCUT2D eigenvalue weighted by atomic mass is 32.2. The molecule has 0 unspecified atom stereocenters. The fraction of sp³-hybridized carbons (Fsp3) is 0.576.